The van der Waals surface area contributed by atoms with Crippen molar-refractivity contribution in [3.63, 3.8) is 0 Å². The van der Waals surface area contributed by atoms with Crippen molar-refractivity contribution in [2.24, 2.45) is 0 Å². The Bertz CT molecular complexity index is 710. The number of benzene rings is 1. The number of allylic oxidation sites excluding steroid dienone is 1. The predicted molar refractivity (Wildman–Crippen MR) is 95.4 cm³/mol. The molecule has 0 radical (unpaired) electrons. The molecule has 2 rings (SSSR count). The van der Waals surface area contributed by atoms with Gasteiger partial charge in [-0.2, -0.15) is 4.98 Å². The molecular formula is C18H24N4O. The lowest BCUT2D eigenvalue weighted by Gasteiger charge is -2.14. The van der Waals surface area contributed by atoms with Crippen LogP contribution in [0.3, 0.4) is 0 Å². The Kier molecular flexibility index (Phi) is 5.57. The van der Waals surface area contributed by atoms with Crippen LogP contribution in [0.25, 0.3) is 6.08 Å². The minimum Gasteiger partial charge on any atom is -0.496 e. The number of aromatic nitrogens is 2. The minimum atomic E-state index is 0.197. The zero-order chi connectivity index (χ0) is 16.8. The van der Waals surface area contributed by atoms with Gasteiger partial charge in [0.05, 0.1) is 7.11 Å². The van der Waals surface area contributed by atoms with Crippen LogP contribution in [0, 0.1) is 0 Å². The van der Waals surface area contributed by atoms with E-state index in [9.17, 15) is 0 Å². The van der Waals surface area contributed by atoms with E-state index in [1.54, 1.807) is 13.3 Å². The standard InChI is InChI=1S/C18H24N4O/c1-4-6-13-8-12(9-14(7-5-2)16(13)23-3)10-15-11-21-18(20)22-17(15)19/h4,6,8-9,11H,5,7,10H2,1-3H3,(H4,19,20,21,22). The van der Waals surface area contributed by atoms with Gasteiger partial charge in [0.1, 0.15) is 11.6 Å². The fraction of sp³-hybridized carbons (Fsp3) is 0.333. The monoisotopic (exact) mass is 312 g/mol. The highest BCUT2D eigenvalue weighted by Crippen LogP contribution is 2.29. The average molecular weight is 312 g/mol. The summed E-state index contributed by atoms with van der Waals surface area (Å²) in [5.74, 6) is 1.57. The molecule has 0 amide bonds. The second-order valence-corrected chi connectivity index (χ2v) is 5.44. The first-order valence-electron chi connectivity index (χ1n) is 7.78. The van der Waals surface area contributed by atoms with Crippen LogP contribution >= 0.6 is 0 Å². The van der Waals surface area contributed by atoms with Crippen LogP contribution in [0.1, 0.15) is 42.5 Å². The van der Waals surface area contributed by atoms with Crippen molar-refractivity contribution < 1.29 is 4.74 Å². The molecule has 1 heterocycles. The molecule has 0 unspecified atom stereocenters. The first-order chi connectivity index (χ1) is 11.1. The molecule has 0 saturated carbocycles. The second-order valence-electron chi connectivity index (χ2n) is 5.44. The van der Waals surface area contributed by atoms with Crippen molar-refractivity contribution in [1.82, 2.24) is 9.97 Å². The molecule has 5 nitrogen and oxygen atoms in total. The topological polar surface area (TPSA) is 87.0 Å². The van der Waals surface area contributed by atoms with Crippen LogP contribution in [0.4, 0.5) is 11.8 Å². The van der Waals surface area contributed by atoms with Crippen molar-refractivity contribution in [2.75, 3.05) is 18.6 Å². The smallest absolute Gasteiger partial charge is 0.221 e. The van der Waals surface area contributed by atoms with E-state index in [-0.39, 0.29) is 5.95 Å². The first kappa shape index (κ1) is 16.8. The Hall–Kier alpha value is -2.56. The Balaban J connectivity index is 2.45. The maximum Gasteiger partial charge on any atom is 0.221 e. The third kappa shape index (κ3) is 4.00. The highest BCUT2D eigenvalue weighted by molar-refractivity contribution is 5.62. The Morgan fingerprint density at radius 3 is 2.61 bits per heavy atom. The number of methoxy groups -OCH3 is 1. The van der Waals surface area contributed by atoms with Gasteiger partial charge in [-0.25, -0.2) is 4.98 Å². The summed E-state index contributed by atoms with van der Waals surface area (Å²) in [6.07, 6.45) is 8.45. The number of rotatable bonds is 6. The van der Waals surface area contributed by atoms with Crippen LogP contribution < -0.4 is 16.2 Å². The average Bonchev–Trinajstić information content (AvgIpc) is 2.51. The molecule has 4 N–H and O–H groups in total. The van der Waals surface area contributed by atoms with Gasteiger partial charge in [0.2, 0.25) is 5.95 Å². The van der Waals surface area contributed by atoms with E-state index in [1.807, 2.05) is 13.0 Å². The third-order valence-corrected chi connectivity index (χ3v) is 3.64. The molecule has 2 aromatic rings. The lowest BCUT2D eigenvalue weighted by Crippen LogP contribution is -2.05. The molecule has 122 valence electrons. The number of ether oxygens (including phenoxy) is 1. The van der Waals surface area contributed by atoms with Crippen molar-refractivity contribution in [1.29, 1.82) is 0 Å². The maximum atomic E-state index is 5.95. The fourth-order valence-corrected chi connectivity index (χ4v) is 2.68. The zero-order valence-electron chi connectivity index (χ0n) is 14.0. The minimum absolute atomic E-state index is 0.197. The van der Waals surface area contributed by atoms with Crippen molar-refractivity contribution in [3.05, 3.63) is 46.7 Å². The van der Waals surface area contributed by atoms with Gasteiger partial charge in [-0.15, -0.1) is 0 Å². The molecule has 0 atom stereocenters. The lowest BCUT2D eigenvalue weighted by atomic mass is 9.97. The zero-order valence-corrected chi connectivity index (χ0v) is 14.0. The number of anilines is 2. The molecular weight excluding hydrogens is 288 g/mol. The molecule has 0 spiro atoms. The molecule has 0 fully saturated rings. The highest BCUT2D eigenvalue weighted by atomic mass is 16.5. The van der Waals surface area contributed by atoms with E-state index < -0.39 is 0 Å². The number of nitrogens with zero attached hydrogens (tertiary/aromatic N) is 2. The lowest BCUT2D eigenvalue weighted by molar-refractivity contribution is 0.408. The van der Waals surface area contributed by atoms with Crippen LogP contribution in [-0.2, 0) is 12.8 Å². The van der Waals surface area contributed by atoms with E-state index in [4.69, 9.17) is 16.2 Å². The third-order valence-electron chi connectivity index (χ3n) is 3.64. The highest BCUT2D eigenvalue weighted by Gasteiger charge is 2.11. The van der Waals surface area contributed by atoms with Gasteiger partial charge < -0.3 is 16.2 Å². The Morgan fingerprint density at radius 1 is 1.22 bits per heavy atom. The number of nitrogen functional groups attached to an aromatic ring is 2. The van der Waals surface area contributed by atoms with Crippen LogP contribution in [0.5, 0.6) is 5.75 Å². The molecule has 0 bridgehead atoms. The maximum absolute atomic E-state index is 5.95. The van der Waals surface area contributed by atoms with Gasteiger partial charge in [-0.1, -0.05) is 31.6 Å². The van der Waals surface area contributed by atoms with Gasteiger partial charge in [-0.05, 0) is 30.5 Å². The predicted octanol–water partition coefficient (Wildman–Crippen LogP) is 3.23. The fourth-order valence-electron chi connectivity index (χ4n) is 2.68. The molecule has 0 aliphatic rings. The van der Waals surface area contributed by atoms with Crippen LogP contribution in [0.2, 0.25) is 0 Å². The summed E-state index contributed by atoms with van der Waals surface area (Å²) in [5.41, 5.74) is 15.8. The normalized spacial score (nSPS) is 11.1. The van der Waals surface area contributed by atoms with E-state index in [1.165, 1.54) is 5.56 Å². The summed E-state index contributed by atoms with van der Waals surface area (Å²) >= 11 is 0. The summed E-state index contributed by atoms with van der Waals surface area (Å²) in [6.45, 7) is 4.16. The van der Waals surface area contributed by atoms with Crippen molar-refractivity contribution in [2.45, 2.75) is 33.1 Å². The summed E-state index contributed by atoms with van der Waals surface area (Å²) in [7, 11) is 1.72. The molecule has 0 aliphatic carbocycles. The van der Waals surface area contributed by atoms with E-state index in [0.29, 0.717) is 12.2 Å². The summed E-state index contributed by atoms with van der Waals surface area (Å²) < 4.78 is 5.61. The molecule has 1 aromatic carbocycles. The molecule has 0 aliphatic heterocycles. The number of hydrogen-bond acceptors (Lipinski definition) is 5. The van der Waals surface area contributed by atoms with Gasteiger partial charge in [0.25, 0.3) is 0 Å². The van der Waals surface area contributed by atoms with Gasteiger partial charge in [-0.3, -0.25) is 0 Å². The van der Waals surface area contributed by atoms with E-state index in [0.717, 1.165) is 35.3 Å². The molecule has 1 aromatic heterocycles. The molecule has 0 saturated heterocycles. The summed E-state index contributed by atoms with van der Waals surface area (Å²) in [6, 6.07) is 4.29. The summed E-state index contributed by atoms with van der Waals surface area (Å²) in [4.78, 5) is 8.06. The van der Waals surface area contributed by atoms with E-state index in [2.05, 4.69) is 35.1 Å². The molecule has 5 heteroatoms. The molecule has 23 heavy (non-hydrogen) atoms. The number of hydrogen-bond donors (Lipinski definition) is 2. The summed E-state index contributed by atoms with van der Waals surface area (Å²) in [5, 5.41) is 0. The SMILES string of the molecule is CC=Cc1cc(Cc2cnc(N)nc2N)cc(CCC)c1OC. The van der Waals surface area contributed by atoms with Gasteiger partial charge in [0.15, 0.2) is 0 Å². The van der Waals surface area contributed by atoms with Crippen molar-refractivity contribution in [3.8, 4) is 5.75 Å². The van der Waals surface area contributed by atoms with Crippen LogP contribution in [0.15, 0.2) is 24.4 Å². The van der Waals surface area contributed by atoms with Crippen molar-refractivity contribution >= 4 is 17.8 Å². The Morgan fingerprint density at radius 2 is 2.00 bits per heavy atom. The van der Waals surface area contributed by atoms with E-state index >= 15 is 0 Å². The Labute approximate surface area is 137 Å². The largest absolute Gasteiger partial charge is 0.496 e. The number of aryl methyl sites for hydroxylation is 1. The van der Waals surface area contributed by atoms with Gasteiger partial charge in [0, 0.05) is 23.7 Å². The first-order valence-corrected chi connectivity index (χ1v) is 7.78. The second kappa shape index (κ2) is 7.63. The quantitative estimate of drug-likeness (QED) is 0.855. The van der Waals surface area contributed by atoms with Gasteiger partial charge >= 0.3 is 0 Å². The number of nitrogens with two attached hydrogens (primary N) is 2. The van der Waals surface area contributed by atoms with Crippen LogP contribution in [-0.4, -0.2) is 17.1 Å².